The van der Waals surface area contributed by atoms with E-state index in [2.05, 4.69) is 23.8 Å². The number of nitrogens with zero attached hydrogens (tertiary/aromatic N) is 2. The Labute approximate surface area is 126 Å². The molecule has 1 atom stereocenters. The molecule has 2 rings (SSSR count). The third-order valence-electron chi connectivity index (χ3n) is 4.00. The van der Waals surface area contributed by atoms with Crippen molar-refractivity contribution in [1.82, 2.24) is 4.90 Å². The summed E-state index contributed by atoms with van der Waals surface area (Å²) in [4.78, 5) is 4.63. The fourth-order valence-electron chi connectivity index (χ4n) is 2.91. The highest BCUT2D eigenvalue weighted by atomic mass is 32.2. The lowest BCUT2D eigenvalue weighted by Crippen LogP contribution is -2.39. The summed E-state index contributed by atoms with van der Waals surface area (Å²) in [6.45, 7) is 5.17. The van der Waals surface area contributed by atoms with Crippen molar-refractivity contribution < 1.29 is 8.42 Å². The number of likely N-dealkylation sites (N-methyl/N-ethyl adjacent to an activating group) is 1. The molecule has 1 fully saturated rings. The Hall–Kier alpha value is -1.31. The van der Waals surface area contributed by atoms with E-state index in [4.69, 9.17) is 10.9 Å². The Balaban J connectivity index is 2.34. The molecule has 0 bridgehead atoms. The molecule has 0 saturated carbocycles. The summed E-state index contributed by atoms with van der Waals surface area (Å²) in [5, 5.41) is 5.15. The first-order chi connectivity index (χ1) is 9.82. The number of primary sulfonamides is 1. The third-order valence-corrected chi connectivity index (χ3v) is 4.99. The highest BCUT2D eigenvalue weighted by molar-refractivity contribution is 7.89. The van der Waals surface area contributed by atoms with Gasteiger partial charge < -0.3 is 15.5 Å². The molecule has 1 saturated heterocycles. The van der Waals surface area contributed by atoms with Crippen LogP contribution in [-0.4, -0.2) is 46.0 Å². The second-order valence-electron chi connectivity index (χ2n) is 5.64. The van der Waals surface area contributed by atoms with Gasteiger partial charge in [0.2, 0.25) is 10.0 Å². The second-order valence-corrected chi connectivity index (χ2v) is 7.17. The molecule has 1 unspecified atom stereocenters. The molecule has 0 amide bonds. The van der Waals surface area contributed by atoms with Gasteiger partial charge >= 0.3 is 0 Å². The van der Waals surface area contributed by atoms with Crippen LogP contribution in [0.3, 0.4) is 0 Å². The lowest BCUT2D eigenvalue weighted by molar-refractivity contribution is 0.328. The van der Waals surface area contributed by atoms with Crippen molar-refractivity contribution in [2.24, 2.45) is 5.14 Å². The van der Waals surface area contributed by atoms with Gasteiger partial charge in [-0.15, -0.1) is 0 Å². The molecule has 7 heteroatoms. The summed E-state index contributed by atoms with van der Waals surface area (Å²) in [7, 11) is -1.64. The van der Waals surface area contributed by atoms with Crippen molar-refractivity contribution in [2.75, 3.05) is 37.3 Å². The molecule has 118 valence electrons. The fourth-order valence-corrected chi connectivity index (χ4v) is 3.55. The van der Waals surface area contributed by atoms with Crippen molar-refractivity contribution in [3.05, 3.63) is 18.2 Å². The summed E-state index contributed by atoms with van der Waals surface area (Å²) < 4.78 is 22.9. The quantitative estimate of drug-likeness (QED) is 0.807. The van der Waals surface area contributed by atoms with Crippen LogP contribution in [-0.2, 0) is 10.0 Å². The summed E-state index contributed by atoms with van der Waals surface area (Å²) in [6, 6.07) is 5.41. The van der Waals surface area contributed by atoms with Gasteiger partial charge in [0.1, 0.15) is 4.90 Å². The van der Waals surface area contributed by atoms with Gasteiger partial charge in [-0.05, 0) is 44.6 Å². The van der Waals surface area contributed by atoms with E-state index in [0.717, 1.165) is 38.2 Å². The first kappa shape index (κ1) is 16.1. The maximum atomic E-state index is 11.4. The molecule has 0 aliphatic carbocycles. The second kappa shape index (κ2) is 6.21. The Kier molecular flexibility index (Phi) is 4.75. The van der Waals surface area contributed by atoms with Crippen LogP contribution in [0.5, 0.6) is 0 Å². The number of nitrogen functional groups attached to an aromatic ring is 1. The standard InChI is InChI=1S/C14H24N4O2S/c1-3-11-10-17(2)7-4-8-18(11)12-5-6-14(13(15)9-12)21(16,19)20/h5-6,9,11H,3-4,7-8,10,15H2,1-2H3,(H2,16,19,20). The minimum atomic E-state index is -3.77. The zero-order valence-electron chi connectivity index (χ0n) is 12.6. The molecule has 0 spiro atoms. The Morgan fingerprint density at radius 3 is 2.62 bits per heavy atom. The number of nitrogens with two attached hydrogens (primary N) is 2. The van der Waals surface area contributed by atoms with Gasteiger partial charge in [0.25, 0.3) is 0 Å². The zero-order valence-corrected chi connectivity index (χ0v) is 13.4. The van der Waals surface area contributed by atoms with Crippen LogP contribution in [0.15, 0.2) is 23.1 Å². The van der Waals surface area contributed by atoms with Gasteiger partial charge in [0.15, 0.2) is 0 Å². The van der Waals surface area contributed by atoms with Gasteiger partial charge in [-0.2, -0.15) is 0 Å². The van der Waals surface area contributed by atoms with Crippen LogP contribution in [0.1, 0.15) is 19.8 Å². The molecule has 1 heterocycles. The predicted octanol–water partition coefficient (Wildman–Crippen LogP) is 0.837. The van der Waals surface area contributed by atoms with E-state index in [1.54, 1.807) is 12.1 Å². The van der Waals surface area contributed by atoms with E-state index in [-0.39, 0.29) is 10.6 Å². The average molecular weight is 312 g/mol. The first-order valence-electron chi connectivity index (χ1n) is 7.20. The van der Waals surface area contributed by atoms with Crippen LogP contribution >= 0.6 is 0 Å². The number of rotatable bonds is 3. The van der Waals surface area contributed by atoms with Crippen molar-refractivity contribution in [1.29, 1.82) is 0 Å². The number of sulfonamides is 1. The SMILES string of the molecule is CCC1CN(C)CCCN1c1ccc(S(N)(=O)=O)c(N)c1. The minimum absolute atomic E-state index is 0.00811. The molecule has 4 N–H and O–H groups in total. The van der Waals surface area contributed by atoms with E-state index in [0.29, 0.717) is 6.04 Å². The summed E-state index contributed by atoms with van der Waals surface area (Å²) >= 11 is 0. The smallest absolute Gasteiger partial charge is 0.240 e. The van der Waals surface area contributed by atoms with E-state index >= 15 is 0 Å². The molecule has 0 radical (unpaired) electrons. The molecule has 1 aliphatic heterocycles. The summed E-state index contributed by atoms with van der Waals surface area (Å²) in [5.74, 6) is 0. The molecule has 0 aromatic heterocycles. The fraction of sp³-hybridized carbons (Fsp3) is 0.571. The van der Waals surface area contributed by atoms with Crippen molar-refractivity contribution in [3.8, 4) is 0 Å². The Bertz CT molecular complexity index is 603. The lowest BCUT2D eigenvalue weighted by atomic mass is 10.1. The first-order valence-corrected chi connectivity index (χ1v) is 8.75. The zero-order chi connectivity index (χ0) is 15.6. The molecule has 1 aromatic carbocycles. The van der Waals surface area contributed by atoms with Crippen LogP contribution in [0.2, 0.25) is 0 Å². The van der Waals surface area contributed by atoms with Crippen LogP contribution < -0.4 is 15.8 Å². The normalized spacial score (nSPS) is 21.3. The highest BCUT2D eigenvalue weighted by Crippen LogP contribution is 2.27. The van der Waals surface area contributed by atoms with Crippen molar-refractivity contribution in [2.45, 2.75) is 30.7 Å². The number of hydrogen-bond acceptors (Lipinski definition) is 5. The topological polar surface area (TPSA) is 92.7 Å². The lowest BCUT2D eigenvalue weighted by Gasteiger charge is -2.32. The van der Waals surface area contributed by atoms with Gasteiger partial charge in [-0.3, -0.25) is 0 Å². The molecule has 1 aliphatic rings. The van der Waals surface area contributed by atoms with E-state index in [1.165, 1.54) is 6.07 Å². The molecule has 6 nitrogen and oxygen atoms in total. The minimum Gasteiger partial charge on any atom is -0.398 e. The Morgan fingerprint density at radius 2 is 2.05 bits per heavy atom. The maximum Gasteiger partial charge on any atom is 0.240 e. The van der Waals surface area contributed by atoms with Crippen LogP contribution in [0.4, 0.5) is 11.4 Å². The highest BCUT2D eigenvalue weighted by Gasteiger charge is 2.23. The number of benzene rings is 1. The van der Waals surface area contributed by atoms with E-state index in [1.807, 2.05) is 0 Å². The predicted molar refractivity (Wildman–Crippen MR) is 85.8 cm³/mol. The number of anilines is 2. The van der Waals surface area contributed by atoms with E-state index in [9.17, 15) is 8.42 Å². The van der Waals surface area contributed by atoms with E-state index < -0.39 is 10.0 Å². The van der Waals surface area contributed by atoms with Gasteiger partial charge in [-0.1, -0.05) is 6.92 Å². The summed E-state index contributed by atoms with van der Waals surface area (Å²) in [5.41, 5.74) is 7.04. The Morgan fingerprint density at radius 1 is 1.33 bits per heavy atom. The van der Waals surface area contributed by atoms with Crippen molar-refractivity contribution >= 4 is 21.4 Å². The third kappa shape index (κ3) is 3.66. The van der Waals surface area contributed by atoms with Crippen LogP contribution in [0, 0.1) is 0 Å². The molecule has 1 aromatic rings. The average Bonchev–Trinajstić information content (AvgIpc) is 2.58. The molecular formula is C14H24N4O2S. The maximum absolute atomic E-state index is 11.4. The van der Waals surface area contributed by atoms with Gasteiger partial charge in [-0.25, -0.2) is 13.6 Å². The van der Waals surface area contributed by atoms with Crippen molar-refractivity contribution in [3.63, 3.8) is 0 Å². The molecule has 21 heavy (non-hydrogen) atoms. The largest absolute Gasteiger partial charge is 0.398 e. The monoisotopic (exact) mass is 312 g/mol. The van der Waals surface area contributed by atoms with Gasteiger partial charge in [0.05, 0.1) is 5.69 Å². The molecular weight excluding hydrogens is 288 g/mol. The van der Waals surface area contributed by atoms with Gasteiger partial charge in [0, 0.05) is 24.8 Å². The summed E-state index contributed by atoms with van der Waals surface area (Å²) in [6.07, 6.45) is 2.10. The number of hydrogen-bond donors (Lipinski definition) is 2. The van der Waals surface area contributed by atoms with Crippen LogP contribution in [0.25, 0.3) is 0 Å².